The molecule has 0 saturated carbocycles. The number of methoxy groups -OCH3 is 1. The van der Waals surface area contributed by atoms with E-state index in [1.54, 1.807) is 14.2 Å². The fourth-order valence-electron chi connectivity index (χ4n) is 0. The number of hydrogen-bond donors (Lipinski definition) is 2. The third-order valence-electron chi connectivity index (χ3n) is 0. The molecule has 0 amide bonds. The highest BCUT2D eigenvalue weighted by molar-refractivity contribution is 3.56. The Kier molecular flexibility index (Phi) is 32.6. The maximum Gasteiger partial charge on any atom is 0.0351 e. The molecule has 0 radical (unpaired) electrons. The van der Waals surface area contributed by atoms with Crippen LogP contribution in [0.1, 0.15) is 0 Å². The van der Waals surface area contributed by atoms with Gasteiger partial charge in [0.15, 0.2) is 0 Å². The smallest absolute Gasteiger partial charge is 0.0351 e. The molecule has 40 valence electrons. The Balaban J connectivity index is 0. The van der Waals surface area contributed by atoms with E-state index in [1.165, 1.54) is 0 Å². The van der Waals surface area contributed by atoms with Crippen molar-refractivity contribution in [2.75, 3.05) is 14.2 Å². The van der Waals surface area contributed by atoms with Crippen LogP contribution >= 0.6 is 0 Å². The highest BCUT2D eigenvalue weighted by Gasteiger charge is 1.27. The van der Waals surface area contributed by atoms with E-state index in [-0.39, 0.29) is 0 Å². The first kappa shape index (κ1) is 9.28. The monoisotopic (exact) mass is 96.0 g/mol. The van der Waals surface area contributed by atoms with Crippen molar-refractivity contribution in [2.24, 2.45) is 0 Å². The van der Waals surface area contributed by atoms with E-state index < -0.39 is 0 Å². The summed E-state index contributed by atoms with van der Waals surface area (Å²) in [6.45, 7) is 0. The predicted molar refractivity (Wildman–Crippen MR) is 19.3 cm³/mol. The summed E-state index contributed by atoms with van der Waals surface area (Å²) in [5, 5.41) is 15.5. The van der Waals surface area contributed by atoms with Crippen molar-refractivity contribution in [1.82, 2.24) is 0 Å². The van der Waals surface area contributed by atoms with Gasteiger partial charge in [-0.05, 0) is 0 Å². The lowest BCUT2D eigenvalue weighted by molar-refractivity contribution is -0.465. The van der Waals surface area contributed by atoms with Crippen LogP contribution in [0.4, 0.5) is 0 Å². The van der Waals surface area contributed by atoms with Crippen molar-refractivity contribution in [3.05, 3.63) is 0 Å². The van der Waals surface area contributed by atoms with Crippen molar-refractivity contribution < 1.29 is 20.3 Å². The Hall–Kier alpha value is -0.160. The second-order valence-electron chi connectivity index (χ2n) is 0.490. The van der Waals surface area contributed by atoms with Gasteiger partial charge in [-0.25, -0.2) is 10.5 Å². The van der Waals surface area contributed by atoms with Crippen LogP contribution in [0.3, 0.4) is 0 Å². The summed E-state index contributed by atoms with van der Waals surface area (Å²) in [5.74, 6) is 0. The molecule has 0 aliphatic rings. The summed E-state index contributed by atoms with van der Waals surface area (Å²) >= 11 is 0. The van der Waals surface area contributed by atoms with Crippen LogP contribution in [0, 0.1) is 0 Å². The fraction of sp³-hybridized carbons (Fsp3) is 1.00. The lowest BCUT2D eigenvalue weighted by Crippen LogP contribution is -1.60. The van der Waals surface area contributed by atoms with Gasteiger partial charge in [-0.2, -0.15) is 0 Å². The zero-order chi connectivity index (χ0) is 5.41. The summed E-state index contributed by atoms with van der Waals surface area (Å²) in [6.07, 6.45) is 0. The molecule has 4 heteroatoms. The minimum absolute atomic E-state index is 1.62. The van der Waals surface area contributed by atoms with E-state index in [4.69, 9.17) is 10.5 Å². The Labute approximate surface area is 35.8 Å². The normalized spacial score (nSPS) is 6.00. The molecular formula is C2H8O4. The Morgan fingerprint density at radius 1 is 1.17 bits per heavy atom. The first-order valence-electron chi connectivity index (χ1n) is 1.18. The molecule has 0 aliphatic heterocycles. The van der Waals surface area contributed by atoms with Gasteiger partial charge in [-0.3, -0.25) is 0 Å². The molecule has 0 aromatic rings. The zero-order valence-electron chi connectivity index (χ0n) is 3.71. The van der Waals surface area contributed by atoms with Crippen LogP contribution in [-0.4, -0.2) is 24.7 Å². The van der Waals surface area contributed by atoms with E-state index in [0.29, 0.717) is 0 Å². The van der Waals surface area contributed by atoms with Gasteiger partial charge in [0.05, 0.1) is 0 Å². The summed E-state index contributed by atoms with van der Waals surface area (Å²) < 4.78 is 4.25. The summed E-state index contributed by atoms with van der Waals surface area (Å²) in [7, 11) is 3.25. The van der Waals surface area contributed by atoms with Gasteiger partial charge >= 0.3 is 0 Å². The lowest BCUT2D eigenvalue weighted by Gasteiger charge is -1.61. The van der Waals surface area contributed by atoms with Crippen molar-refractivity contribution in [1.29, 1.82) is 0 Å². The molecule has 4 nitrogen and oxygen atoms in total. The molecule has 0 saturated heterocycles. The van der Waals surface area contributed by atoms with Gasteiger partial charge in [0, 0.05) is 14.2 Å². The highest BCUT2D eigenvalue weighted by atomic mass is 17.4. The van der Waals surface area contributed by atoms with Crippen LogP contribution in [0.5, 0.6) is 0 Å². The number of hydrogen-bond acceptors (Lipinski definition) is 4. The molecule has 0 spiro atoms. The third-order valence-corrected chi connectivity index (χ3v) is 0. The molecule has 0 unspecified atom stereocenters. The zero-order valence-corrected chi connectivity index (χ0v) is 3.71. The van der Waals surface area contributed by atoms with Gasteiger partial charge < -0.3 is 4.74 Å². The van der Waals surface area contributed by atoms with Gasteiger partial charge in [0.1, 0.15) is 0 Å². The quantitative estimate of drug-likeness (QED) is 0.334. The average Bonchev–Trinajstić information content (AvgIpc) is 1.39. The summed E-state index contributed by atoms with van der Waals surface area (Å²) in [6, 6.07) is 0. The third kappa shape index (κ3) is 1210. The highest BCUT2D eigenvalue weighted by Crippen LogP contribution is 1.28. The molecule has 0 bridgehead atoms. The average molecular weight is 96.1 g/mol. The standard InChI is InChI=1S/C2H6O.H2O3/c2*1-3-2/h1-2H3;1-2H. The Morgan fingerprint density at radius 2 is 1.17 bits per heavy atom. The van der Waals surface area contributed by atoms with E-state index in [2.05, 4.69) is 9.78 Å². The number of rotatable bonds is 0. The molecule has 0 rings (SSSR count). The minimum Gasteiger partial charge on any atom is -0.388 e. The van der Waals surface area contributed by atoms with E-state index >= 15 is 0 Å². The lowest BCUT2D eigenvalue weighted by atomic mass is 11.6. The van der Waals surface area contributed by atoms with Crippen LogP contribution in [0.15, 0.2) is 0 Å². The maximum absolute atomic E-state index is 6.62. The molecule has 0 aromatic heterocycles. The minimum atomic E-state index is 1.62. The van der Waals surface area contributed by atoms with Gasteiger partial charge in [0.25, 0.3) is 0 Å². The Bertz CT molecular complexity index is 7.51. The van der Waals surface area contributed by atoms with Gasteiger partial charge in [0.2, 0.25) is 0 Å². The second-order valence-corrected chi connectivity index (χ2v) is 0.490. The molecule has 0 heterocycles. The SMILES string of the molecule is COC.OOO. The van der Waals surface area contributed by atoms with Crippen molar-refractivity contribution in [2.45, 2.75) is 0 Å². The molecule has 0 fully saturated rings. The van der Waals surface area contributed by atoms with Gasteiger partial charge in [-0.1, -0.05) is 5.04 Å². The first-order valence-corrected chi connectivity index (χ1v) is 1.18. The van der Waals surface area contributed by atoms with Crippen molar-refractivity contribution >= 4 is 0 Å². The van der Waals surface area contributed by atoms with E-state index in [0.717, 1.165) is 0 Å². The topological polar surface area (TPSA) is 58.9 Å². The molecule has 0 aliphatic carbocycles. The van der Waals surface area contributed by atoms with Crippen LogP contribution in [-0.2, 0) is 9.78 Å². The van der Waals surface area contributed by atoms with Gasteiger partial charge in [-0.15, -0.1) is 0 Å². The van der Waals surface area contributed by atoms with Crippen molar-refractivity contribution in [3.63, 3.8) is 0 Å². The van der Waals surface area contributed by atoms with Crippen LogP contribution in [0.25, 0.3) is 0 Å². The maximum atomic E-state index is 6.62. The largest absolute Gasteiger partial charge is 0.388 e. The van der Waals surface area contributed by atoms with Crippen LogP contribution < -0.4 is 0 Å². The van der Waals surface area contributed by atoms with Crippen molar-refractivity contribution in [3.8, 4) is 0 Å². The van der Waals surface area contributed by atoms with E-state index in [1.807, 2.05) is 0 Å². The molecule has 6 heavy (non-hydrogen) atoms. The summed E-state index contributed by atoms with van der Waals surface area (Å²) in [4.78, 5) is 0. The second kappa shape index (κ2) is 21.1. The van der Waals surface area contributed by atoms with Crippen LogP contribution in [0.2, 0.25) is 0 Å². The molecular weight excluding hydrogens is 88.0 g/mol. The van der Waals surface area contributed by atoms with E-state index in [9.17, 15) is 0 Å². The fourth-order valence-corrected chi connectivity index (χ4v) is 0. The molecule has 2 N–H and O–H groups in total. The number of ether oxygens (including phenoxy) is 1. The molecule has 0 aromatic carbocycles. The molecule has 0 atom stereocenters. The first-order chi connectivity index (χ1) is 2.83. The predicted octanol–water partition coefficient (Wildman–Crippen LogP) is 0.212. The summed E-state index contributed by atoms with van der Waals surface area (Å²) in [5.41, 5.74) is 0. The Morgan fingerprint density at radius 3 is 1.17 bits per heavy atom.